The molecule has 11 nitrogen and oxygen atoms in total. The molecule has 13 heteroatoms. The van der Waals surface area contributed by atoms with Gasteiger partial charge in [0, 0.05) is 6.42 Å². The molecule has 1 aliphatic rings. The fourth-order valence-electron chi connectivity index (χ4n) is 4.86. The Morgan fingerprint density at radius 2 is 1.64 bits per heavy atom. The van der Waals surface area contributed by atoms with E-state index in [1.807, 2.05) is 0 Å². The number of hydrogen-bond acceptors (Lipinski definition) is 8. The molecule has 0 spiro atoms. The van der Waals surface area contributed by atoms with Crippen molar-refractivity contribution in [1.29, 1.82) is 0 Å². The van der Waals surface area contributed by atoms with E-state index in [9.17, 15) is 33.3 Å². The van der Waals surface area contributed by atoms with E-state index in [2.05, 4.69) is 19.1 Å². The van der Waals surface area contributed by atoms with Crippen molar-refractivity contribution in [3.05, 3.63) is 45.0 Å². The lowest BCUT2D eigenvalue weighted by atomic mass is 9.91. The van der Waals surface area contributed by atoms with Gasteiger partial charge < -0.3 is 14.7 Å². The van der Waals surface area contributed by atoms with E-state index >= 15 is 0 Å². The minimum Gasteiger partial charge on any atom is -0.379 e. The molecule has 3 N–H and O–H groups in total. The number of aliphatic hydroxyl groups is 1. The van der Waals surface area contributed by atoms with E-state index < -0.39 is 61.6 Å². The Kier molecular flexibility index (Phi) is 16.1. The second-order valence-corrected chi connectivity index (χ2v) is 12.4. The maximum atomic E-state index is 13.7. The van der Waals surface area contributed by atoms with Crippen LogP contribution in [-0.2, 0) is 23.1 Å². The first-order valence-electron chi connectivity index (χ1n) is 15.2. The smallest absolute Gasteiger partial charge is 0.379 e. The Morgan fingerprint density at radius 1 is 1.07 bits per heavy atom. The molecule has 0 bridgehead atoms. The molecule has 2 heterocycles. The molecule has 0 amide bonds. The number of phosphoric ester groups is 1. The van der Waals surface area contributed by atoms with Crippen LogP contribution in [0.25, 0.3) is 0 Å². The third kappa shape index (κ3) is 12.3. The topological polar surface area (TPSA) is 157 Å². The van der Waals surface area contributed by atoms with E-state index in [1.54, 1.807) is 4.98 Å². The highest BCUT2D eigenvalue weighted by Gasteiger charge is 2.52. The molecule has 1 fully saturated rings. The Hall–Kier alpha value is -1.95. The maximum absolute atomic E-state index is 13.7. The number of rotatable bonds is 22. The van der Waals surface area contributed by atoms with Gasteiger partial charge in [0.2, 0.25) is 5.82 Å². The van der Waals surface area contributed by atoms with Crippen LogP contribution in [0.3, 0.4) is 0 Å². The molecule has 0 aromatic carbocycles. The summed E-state index contributed by atoms with van der Waals surface area (Å²) in [6, 6.07) is 0. The predicted molar refractivity (Wildman–Crippen MR) is 157 cm³/mol. The van der Waals surface area contributed by atoms with Gasteiger partial charge in [0.05, 0.1) is 19.4 Å². The molecule has 1 saturated heterocycles. The maximum Gasteiger partial charge on any atom is 0.472 e. The molecule has 4 atom stereocenters. The molecular weight excluding hydrogens is 570 g/mol. The molecule has 1 aromatic heterocycles. The number of ether oxygens (including phenoxy) is 1. The van der Waals surface area contributed by atoms with E-state index in [0.717, 1.165) is 51.9 Å². The summed E-state index contributed by atoms with van der Waals surface area (Å²) in [4.78, 5) is 47.3. The van der Waals surface area contributed by atoms with Crippen molar-refractivity contribution in [1.82, 2.24) is 9.55 Å². The first-order chi connectivity index (χ1) is 20.0. The molecule has 42 heavy (non-hydrogen) atoms. The van der Waals surface area contributed by atoms with Crippen LogP contribution in [0.2, 0.25) is 0 Å². The van der Waals surface area contributed by atoms with Crippen LogP contribution in [-0.4, -0.2) is 50.3 Å². The molecule has 2 rings (SSSR count). The van der Waals surface area contributed by atoms with Crippen molar-refractivity contribution in [2.45, 2.75) is 128 Å². The van der Waals surface area contributed by atoms with Crippen molar-refractivity contribution in [2.75, 3.05) is 13.2 Å². The van der Waals surface area contributed by atoms with E-state index in [0.29, 0.717) is 17.2 Å². The van der Waals surface area contributed by atoms with Crippen molar-refractivity contribution in [3.8, 4) is 0 Å². The Bertz CT molecular complexity index is 1150. The van der Waals surface area contributed by atoms with Gasteiger partial charge in [-0.15, -0.1) is 0 Å². The first-order valence-corrected chi connectivity index (χ1v) is 16.7. The lowest BCUT2D eigenvalue weighted by Crippen LogP contribution is -2.47. The third-order valence-corrected chi connectivity index (χ3v) is 8.47. The number of ketones is 1. The number of unbranched alkanes of at least 4 members (excludes halogenated alkanes) is 12. The number of halogens is 1. The number of aromatic amines is 1. The highest BCUT2D eigenvalue weighted by Crippen LogP contribution is 2.46. The second kappa shape index (κ2) is 18.7. The second-order valence-electron chi connectivity index (χ2n) is 10.9. The summed E-state index contributed by atoms with van der Waals surface area (Å²) in [6.45, 7) is 2.60. The zero-order chi connectivity index (χ0) is 31.0. The van der Waals surface area contributed by atoms with Crippen LogP contribution < -0.4 is 11.2 Å². The summed E-state index contributed by atoms with van der Waals surface area (Å²) in [7, 11) is -4.52. The molecule has 1 aromatic rings. The average Bonchev–Trinajstić information content (AvgIpc) is 3.28. The first kappa shape index (κ1) is 36.2. The summed E-state index contributed by atoms with van der Waals surface area (Å²) >= 11 is 0. The fraction of sp³-hybridized carbons (Fsp3) is 0.759. The zero-order valence-electron chi connectivity index (χ0n) is 24.9. The number of allylic oxidation sites excluding steroid dienone is 2. The van der Waals surface area contributed by atoms with Gasteiger partial charge in [-0.1, -0.05) is 76.9 Å². The molecule has 1 aliphatic heterocycles. The minimum absolute atomic E-state index is 0.00780. The van der Waals surface area contributed by atoms with E-state index in [1.165, 1.54) is 38.5 Å². The normalized spacial score (nSPS) is 22.1. The van der Waals surface area contributed by atoms with Gasteiger partial charge >= 0.3 is 13.5 Å². The number of aromatic nitrogens is 2. The minimum atomic E-state index is -4.52. The number of phosphoric acid groups is 1. The van der Waals surface area contributed by atoms with Crippen LogP contribution in [0.5, 0.6) is 0 Å². The Labute approximate surface area is 247 Å². The average molecular weight is 619 g/mol. The third-order valence-electron chi connectivity index (χ3n) is 7.48. The van der Waals surface area contributed by atoms with Crippen molar-refractivity contribution >= 4 is 13.6 Å². The predicted octanol–water partition coefficient (Wildman–Crippen LogP) is 5.45. The van der Waals surface area contributed by atoms with Crippen LogP contribution in [0.1, 0.15) is 116 Å². The highest BCUT2D eigenvalue weighted by molar-refractivity contribution is 7.47. The summed E-state index contributed by atoms with van der Waals surface area (Å²) in [5.41, 5.74) is -4.41. The van der Waals surface area contributed by atoms with Gasteiger partial charge in [0.25, 0.3) is 5.56 Å². The molecule has 240 valence electrons. The largest absolute Gasteiger partial charge is 0.472 e. The zero-order valence-corrected chi connectivity index (χ0v) is 25.8. The van der Waals surface area contributed by atoms with Crippen LogP contribution >= 0.6 is 7.82 Å². The summed E-state index contributed by atoms with van der Waals surface area (Å²) in [5, 5.41) is 10.9. The number of H-pyrrole nitrogens is 1. The molecular formula is C29H48FN2O9P. The summed E-state index contributed by atoms with van der Waals surface area (Å²) in [6.07, 6.45) is 17.8. The van der Waals surface area contributed by atoms with Crippen molar-refractivity contribution in [3.63, 3.8) is 0 Å². The monoisotopic (exact) mass is 618 g/mol. The van der Waals surface area contributed by atoms with Gasteiger partial charge in [0.15, 0.2) is 11.4 Å². The number of Topliss-reactive ketones (excluding diaryl/α,β-unsaturated/α-hetero) is 1. The molecule has 0 aliphatic carbocycles. The Balaban J connectivity index is 1.62. The highest BCUT2D eigenvalue weighted by atomic mass is 31.2. The van der Waals surface area contributed by atoms with Crippen molar-refractivity contribution in [2.24, 2.45) is 0 Å². The molecule has 0 saturated carbocycles. The number of carbonyl (C=O) groups is 1. The summed E-state index contributed by atoms with van der Waals surface area (Å²) < 4.78 is 42.2. The van der Waals surface area contributed by atoms with E-state index in [-0.39, 0.29) is 6.61 Å². The van der Waals surface area contributed by atoms with Crippen LogP contribution in [0.4, 0.5) is 4.39 Å². The SMILES string of the molecule is CCCCCCCC/C=C\CCCCCCCCOP(=O)(O)OC[C@H]1O[C@@H](n2cc(F)c(=O)[nH]c2=O)C[C@@]1(O)C(C)=O. The number of carbonyl (C=O) groups excluding carboxylic acids is 1. The standard InChI is InChI=1S/C29H48FN2O9P/c1-3-4-5-6-7-8-9-10-11-12-13-14-15-16-17-18-19-39-42(37,38)40-22-25-29(36,23(2)33)20-26(41-25)32-21-24(30)27(34)31-28(32)35/h10-11,21,25-26,36H,3-9,12-20,22H2,1-2H3,(H,37,38)(H,31,34,35)/b11-10-/t25-,26-,29-/m1/s1. The van der Waals surface area contributed by atoms with E-state index in [4.69, 9.17) is 13.8 Å². The van der Waals surface area contributed by atoms with Gasteiger partial charge in [-0.3, -0.25) is 28.2 Å². The molecule has 1 unspecified atom stereocenters. The van der Waals surface area contributed by atoms with Crippen LogP contribution in [0.15, 0.2) is 27.9 Å². The Morgan fingerprint density at radius 3 is 2.24 bits per heavy atom. The van der Waals surface area contributed by atoms with Gasteiger partial charge in [-0.2, -0.15) is 4.39 Å². The number of hydrogen-bond donors (Lipinski definition) is 3. The van der Waals surface area contributed by atoms with Gasteiger partial charge in [-0.05, 0) is 39.0 Å². The number of nitrogens with zero attached hydrogens (tertiary/aromatic N) is 1. The van der Waals surface area contributed by atoms with Gasteiger partial charge in [0.1, 0.15) is 12.3 Å². The lowest BCUT2D eigenvalue weighted by molar-refractivity contribution is -0.144. The van der Waals surface area contributed by atoms with Crippen molar-refractivity contribution < 1.29 is 37.5 Å². The number of nitrogens with one attached hydrogen (secondary N) is 1. The van der Waals surface area contributed by atoms with Crippen LogP contribution in [0, 0.1) is 5.82 Å². The molecule has 0 radical (unpaired) electrons. The lowest BCUT2D eigenvalue weighted by Gasteiger charge is -2.25. The quantitative estimate of drug-likeness (QED) is 0.0873. The summed E-state index contributed by atoms with van der Waals surface area (Å²) in [5.74, 6) is -2.00. The fourth-order valence-corrected chi connectivity index (χ4v) is 5.62. The van der Waals surface area contributed by atoms with Gasteiger partial charge in [-0.25, -0.2) is 9.36 Å².